The molecule has 4 nitrogen and oxygen atoms in total. The van der Waals surface area contributed by atoms with Crippen molar-refractivity contribution in [2.24, 2.45) is 0 Å². The van der Waals surface area contributed by atoms with Crippen LogP contribution < -0.4 is 5.32 Å². The van der Waals surface area contributed by atoms with Crippen LogP contribution in [-0.4, -0.2) is 34.9 Å². The van der Waals surface area contributed by atoms with Gasteiger partial charge in [0.2, 0.25) is 0 Å². The Kier molecular flexibility index (Phi) is 5.76. The number of amides is 1. The van der Waals surface area contributed by atoms with Crippen LogP contribution in [0.2, 0.25) is 0 Å². The monoisotopic (exact) mass is 291 g/mol. The summed E-state index contributed by atoms with van der Waals surface area (Å²) in [5, 5.41) is 21.2. The fourth-order valence-electron chi connectivity index (χ4n) is 2.91. The van der Waals surface area contributed by atoms with Crippen LogP contribution in [0, 0.1) is 0 Å². The van der Waals surface area contributed by atoms with E-state index in [9.17, 15) is 9.90 Å². The van der Waals surface area contributed by atoms with Crippen LogP contribution in [0.4, 0.5) is 0 Å². The lowest BCUT2D eigenvalue weighted by molar-refractivity contribution is 0.0758. The third-order valence-electron chi connectivity index (χ3n) is 4.34. The first-order valence-electron chi connectivity index (χ1n) is 7.81. The van der Waals surface area contributed by atoms with E-state index in [1.54, 1.807) is 6.92 Å². The first kappa shape index (κ1) is 16.0. The summed E-state index contributed by atoms with van der Waals surface area (Å²) < 4.78 is 0. The molecule has 2 rings (SSSR count). The molecule has 1 saturated carbocycles. The number of aliphatic hydroxyl groups is 2. The highest BCUT2D eigenvalue weighted by Gasteiger charge is 2.19. The van der Waals surface area contributed by atoms with Crippen molar-refractivity contribution in [2.75, 3.05) is 6.61 Å². The normalized spacial score (nSPS) is 19.0. The highest BCUT2D eigenvalue weighted by molar-refractivity contribution is 5.94. The van der Waals surface area contributed by atoms with Gasteiger partial charge in [0.05, 0.1) is 18.8 Å². The van der Waals surface area contributed by atoms with Gasteiger partial charge in [0.25, 0.3) is 5.91 Å². The topological polar surface area (TPSA) is 69.6 Å². The Morgan fingerprint density at radius 1 is 1.24 bits per heavy atom. The second-order valence-electron chi connectivity index (χ2n) is 5.96. The van der Waals surface area contributed by atoms with E-state index >= 15 is 0 Å². The first-order valence-corrected chi connectivity index (χ1v) is 7.81. The number of aliphatic hydroxyl groups excluding tert-OH is 2. The number of nitrogens with one attached hydrogen (secondary N) is 1. The molecule has 1 aromatic rings. The Labute approximate surface area is 126 Å². The number of benzene rings is 1. The van der Waals surface area contributed by atoms with Gasteiger partial charge in [0.15, 0.2) is 0 Å². The summed E-state index contributed by atoms with van der Waals surface area (Å²) in [6, 6.07) is 7.09. The molecule has 0 saturated heterocycles. The molecule has 0 radical (unpaired) electrons. The zero-order valence-corrected chi connectivity index (χ0v) is 12.6. The van der Waals surface area contributed by atoms with Gasteiger partial charge in [-0.15, -0.1) is 0 Å². The van der Waals surface area contributed by atoms with E-state index in [4.69, 9.17) is 5.11 Å². The predicted octanol–water partition coefficient (Wildman–Crippen LogP) is 2.21. The molecule has 1 aliphatic carbocycles. The molecule has 0 heterocycles. The zero-order valence-electron chi connectivity index (χ0n) is 12.6. The molecule has 0 bridgehead atoms. The standard InChI is InChI=1S/C17H25NO3/c1-12(20)16(11-19)18-17(21)15-9-7-14(8-10-15)13-5-3-2-4-6-13/h7-10,12-13,16,19-20H,2-6,11H2,1H3,(H,18,21)/t12-,16-/m0/s1. The van der Waals surface area contributed by atoms with Crippen molar-refractivity contribution in [3.8, 4) is 0 Å². The average Bonchev–Trinajstić information content (AvgIpc) is 2.53. The van der Waals surface area contributed by atoms with Gasteiger partial charge in [-0.2, -0.15) is 0 Å². The maximum absolute atomic E-state index is 12.1. The second-order valence-corrected chi connectivity index (χ2v) is 5.96. The second kappa shape index (κ2) is 7.57. The Balaban J connectivity index is 1.99. The van der Waals surface area contributed by atoms with E-state index in [1.165, 1.54) is 37.7 Å². The lowest BCUT2D eigenvalue weighted by atomic mass is 9.84. The van der Waals surface area contributed by atoms with Crippen molar-refractivity contribution in [3.63, 3.8) is 0 Å². The molecule has 1 amide bonds. The summed E-state index contributed by atoms with van der Waals surface area (Å²) in [6.07, 6.45) is 5.61. The van der Waals surface area contributed by atoms with Crippen molar-refractivity contribution in [1.29, 1.82) is 0 Å². The van der Waals surface area contributed by atoms with Crippen LogP contribution in [-0.2, 0) is 0 Å². The van der Waals surface area contributed by atoms with Crippen LogP contribution >= 0.6 is 0 Å². The SMILES string of the molecule is C[C@H](O)[C@H](CO)NC(=O)c1ccc(C2CCCCC2)cc1. The number of carbonyl (C=O) groups is 1. The third-order valence-corrected chi connectivity index (χ3v) is 4.34. The number of rotatable bonds is 5. The summed E-state index contributed by atoms with van der Waals surface area (Å²) in [7, 11) is 0. The van der Waals surface area contributed by atoms with Crippen LogP contribution in [0.25, 0.3) is 0 Å². The Morgan fingerprint density at radius 3 is 2.38 bits per heavy atom. The maximum Gasteiger partial charge on any atom is 0.251 e. The van der Waals surface area contributed by atoms with Crippen molar-refractivity contribution < 1.29 is 15.0 Å². The molecule has 116 valence electrons. The van der Waals surface area contributed by atoms with Crippen molar-refractivity contribution in [3.05, 3.63) is 35.4 Å². The third kappa shape index (κ3) is 4.29. The molecule has 3 N–H and O–H groups in total. The molecule has 1 fully saturated rings. The molecule has 4 heteroatoms. The van der Waals surface area contributed by atoms with Gasteiger partial charge in [0, 0.05) is 5.56 Å². The van der Waals surface area contributed by atoms with E-state index in [1.807, 2.05) is 24.3 Å². The molecule has 2 atom stereocenters. The average molecular weight is 291 g/mol. The van der Waals surface area contributed by atoms with Crippen LogP contribution in [0.3, 0.4) is 0 Å². The quantitative estimate of drug-likeness (QED) is 0.779. The summed E-state index contributed by atoms with van der Waals surface area (Å²) in [4.78, 5) is 12.1. The van der Waals surface area contributed by atoms with E-state index < -0.39 is 12.1 Å². The molecular weight excluding hydrogens is 266 g/mol. The zero-order chi connectivity index (χ0) is 15.2. The molecule has 21 heavy (non-hydrogen) atoms. The Bertz CT molecular complexity index is 450. The summed E-state index contributed by atoms with van der Waals surface area (Å²) >= 11 is 0. The Hall–Kier alpha value is -1.39. The summed E-state index contributed by atoms with van der Waals surface area (Å²) in [5.74, 6) is 0.364. The van der Waals surface area contributed by atoms with E-state index in [0.29, 0.717) is 11.5 Å². The van der Waals surface area contributed by atoms with Gasteiger partial charge in [0.1, 0.15) is 0 Å². The largest absolute Gasteiger partial charge is 0.394 e. The predicted molar refractivity (Wildman–Crippen MR) is 82.3 cm³/mol. The van der Waals surface area contributed by atoms with E-state index in [0.717, 1.165) is 0 Å². The molecule has 0 unspecified atom stereocenters. The molecule has 1 aromatic carbocycles. The fraction of sp³-hybridized carbons (Fsp3) is 0.588. The van der Waals surface area contributed by atoms with Gasteiger partial charge in [-0.1, -0.05) is 31.4 Å². The van der Waals surface area contributed by atoms with Crippen molar-refractivity contribution in [2.45, 2.75) is 57.1 Å². The maximum atomic E-state index is 12.1. The van der Waals surface area contributed by atoms with Gasteiger partial charge in [-0.25, -0.2) is 0 Å². The van der Waals surface area contributed by atoms with Gasteiger partial charge in [-0.3, -0.25) is 4.79 Å². The minimum atomic E-state index is -0.777. The lowest BCUT2D eigenvalue weighted by Crippen LogP contribution is -2.44. The fourth-order valence-corrected chi connectivity index (χ4v) is 2.91. The molecule has 1 aliphatic rings. The first-order chi connectivity index (χ1) is 10.1. The van der Waals surface area contributed by atoms with Gasteiger partial charge in [-0.05, 0) is 43.4 Å². The van der Waals surface area contributed by atoms with Crippen LogP contribution in [0.15, 0.2) is 24.3 Å². The smallest absolute Gasteiger partial charge is 0.251 e. The van der Waals surface area contributed by atoms with E-state index in [2.05, 4.69) is 5.32 Å². The number of carbonyl (C=O) groups excluding carboxylic acids is 1. The molecule has 0 aromatic heterocycles. The number of hydrogen-bond donors (Lipinski definition) is 3. The number of hydrogen-bond acceptors (Lipinski definition) is 3. The van der Waals surface area contributed by atoms with Crippen LogP contribution in [0.1, 0.15) is 60.9 Å². The summed E-state index contributed by atoms with van der Waals surface area (Å²) in [6.45, 7) is 1.27. The highest BCUT2D eigenvalue weighted by atomic mass is 16.3. The van der Waals surface area contributed by atoms with Crippen molar-refractivity contribution in [1.82, 2.24) is 5.32 Å². The van der Waals surface area contributed by atoms with Gasteiger partial charge < -0.3 is 15.5 Å². The van der Waals surface area contributed by atoms with Gasteiger partial charge >= 0.3 is 0 Å². The Morgan fingerprint density at radius 2 is 1.86 bits per heavy atom. The molecule has 0 spiro atoms. The summed E-state index contributed by atoms with van der Waals surface area (Å²) in [5.41, 5.74) is 1.87. The molecule has 0 aliphatic heterocycles. The highest BCUT2D eigenvalue weighted by Crippen LogP contribution is 2.32. The lowest BCUT2D eigenvalue weighted by Gasteiger charge is -2.22. The van der Waals surface area contributed by atoms with Crippen molar-refractivity contribution >= 4 is 5.91 Å². The van der Waals surface area contributed by atoms with Crippen LogP contribution in [0.5, 0.6) is 0 Å². The van der Waals surface area contributed by atoms with E-state index in [-0.39, 0.29) is 12.5 Å². The minimum absolute atomic E-state index is 0.259. The molecular formula is C17H25NO3. The minimum Gasteiger partial charge on any atom is -0.394 e.